The maximum absolute atomic E-state index is 12.3. The van der Waals surface area contributed by atoms with Crippen molar-refractivity contribution in [2.45, 2.75) is 19.5 Å². The van der Waals surface area contributed by atoms with Crippen LogP contribution in [0.4, 0.5) is 0 Å². The highest BCUT2D eigenvalue weighted by molar-refractivity contribution is 7.18. The number of benzene rings is 2. The maximum Gasteiger partial charge on any atom is 0.275 e. The summed E-state index contributed by atoms with van der Waals surface area (Å²) in [5.74, 6) is 0.0288. The molecule has 3 rings (SSSR count). The third-order valence-electron chi connectivity index (χ3n) is 4.00. The molecule has 2 aromatic carbocycles. The summed E-state index contributed by atoms with van der Waals surface area (Å²) in [5, 5.41) is 4.79. The molecular weight excluding hydrogens is 354 g/mol. The van der Waals surface area contributed by atoms with Gasteiger partial charge >= 0.3 is 0 Å². The van der Waals surface area contributed by atoms with E-state index in [1.165, 1.54) is 4.70 Å². The summed E-state index contributed by atoms with van der Waals surface area (Å²) < 4.78 is 1.19. The van der Waals surface area contributed by atoms with E-state index in [2.05, 4.69) is 16.4 Å². The van der Waals surface area contributed by atoms with E-state index in [1.807, 2.05) is 56.4 Å². The monoisotopic (exact) mass is 374 g/mol. The van der Waals surface area contributed by atoms with E-state index in [-0.39, 0.29) is 11.9 Å². The number of aromatic nitrogens is 1. The van der Waals surface area contributed by atoms with Crippen LogP contribution in [0.3, 0.4) is 0 Å². The fourth-order valence-electron chi connectivity index (χ4n) is 2.72. The van der Waals surface area contributed by atoms with Gasteiger partial charge < -0.3 is 10.2 Å². The van der Waals surface area contributed by atoms with Crippen LogP contribution in [0.15, 0.2) is 48.5 Å². The molecule has 130 valence electrons. The number of nitrogens with zero attached hydrogens (tertiary/aromatic N) is 1. The standard InChI is InChI=1S/C19H20ClN3OS/c1-13(14-7-9-15(20)10-8-14)21-18(24)11-23(2)12-19-22-16-5-3-4-6-17(16)25-19/h3-10,13H,11-12H2,1-2H3,(H,21,24)/p+1/t13-/m1/s1. The van der Waals surface area contributed by atoms with Gasteiger partial charge in [0.1, 0.15) is 11.6 Å². The van der Waals surface area contributed by atoms with E-state index in [0.717, 1.165) is 27.5 Å². The molecule has 0 saturated carbocycles. The number of nitrogens with one attached hydrogen (secondary N) is 2. The van der Waals surface area contributed by atoms with Crippen LogP contribution >= 0.6 is 22.9 Å². The Balaban J connectivity index is 1.54. The van der Waals surface area contributed by atoms with Gasteiger partial charge in [0.15, 0.2) is 6.54 Å². The molecule has 0 aliphatic heterocycles. The zero-order chi connectivity index (χ0) is 17.8. The number of carbonyl (C=O) groups excluding carboxylic acids is 1. The maximum atomic E-state index is 12.3. The Hall–Kier alpha value is -1.95. The lowest BCUT2D eigenvalue weighted by molar-refractivity contribution is -0.885. The number of rotatable bonds is 6. The summed E-state index contributed by atoms with van der Waals surface area (Å²) in [4.78, 5) is 18.0. The Kier molecular flexibility index (Phi) is 5.68. The lowest BCUT2D eigenvalue weighted by atomic mass is 10.1. The number of halogens is 1. The molecule has 0 spiro atoms. The van der Waals surface area contributed by atoms with Crippen LogP contribution in [0.1, 0.15) is 23.5 Å². The molecule has 0 radical (unpaired) electrons. The minimum Gasteiger partial charge on any atom is -0.345 e. The van der Waals surface area contributed by atoms with Crippen molar-refractivity contribution in [1.82, 2.24) is 10.3 Å². The van der Waals surface area contributed by atoms with Crippen LogP contribution in [0.2, 0.25) is 5.02 Å². The first kappa shape index (κ1) is 17.9. The predicted octanol–water partition coefficient (Wildman–Crippen LogP) is 2.84. The molecule has 6 heteroatoms. The minimum atomic E-state index is -0.0417. The number of carbonyl (C=O) groups is 1. The summed E-state index contributed by atoms with van der Waals surface area (Å²) in [6, 6.07) is 15.6. The molecule has 0 saturated heterocycles. The molecule has 0 bridgehead atoms. The van der Waals surface area contributed by atoms with Gasteiger partial charge in [-0.1, -0.05) is 35.9 Å². The van der Waals surface area contributed by atoms with Gasteiger partial charge in [0, 0.05) is 5.02 Å². The third kappa shape index (κ3) is 4.78. The second-order valence-corrected chi connectivity index (χ2v) is 7.78. The molecule has 0 aliphatic rings. The fourth-order valence-corrected chi connectivity index (χ4v) is 3.92. The second kappa shape index (κ2) is 7.95. The topological polar surface area (TPSA) is 46.4 Å². The largest absolute Gasteiger partial charge is 0.345 e. The van der Waals surface area contributed by atoms with Crippen molar-refractivity contribution in [2.24, 2.45) is 0 Å². The number of para-hydroxylation sites is 1. The van der Waals surface area contributed by atoms with Gasteiger partial charge in [-0.3, -0.25) is 4.79 Å². The van der Waals surface area contributed by atoms with E-state index in [1.54, 1.807) is 11.3 Å². The van der Waals surface area contributed by atoms with Gasteiger partial charge in [0.05, 0.1) is 23.3 Å². The van der Waals surface area contributed by atoms with Crippen molar-refractivity contribution in [1.29, 1.82) is 0 Å². The quantitative estimate of drug-likeness (QED) is 0.697. The summed E-state index contributed by atoms with van der Waals surface area (Å²) >= 11 is 7.59. The van der Waals surface area contributed by atoms with Crippen molar-refractivity contribution in [3.63, 3.8) is 0 Å². The SMILES string of the molecule is C[C@@H](NC(=O)C[NH+](C)Cc1nc2ccccc2s1)c1ccc(Cl)cc1. The van der Waals surface area contributed by atoms with E-state index in [9.17, 15) is 4.79 Å². The third-order valence-corrected chi connectivity index (χ3v) is 5.29. The zero-order valence-corrected chi connectivity index (χ0v) is 15.8. The minimum absolute atomic E-state index is 0.0288. The molecule has 3 aromatic rings. The lowest BCUT2D eigenvalue weighted by Crippen LogP contribution is -3.08. The fraction of sp³-hybridized carbons (Fsp3) is 0.263. The molecule has 1 amide bonds. The molecular formula is C19H21ClN3OS+. The number of fused-ring (bicyclic) bond motifs is 1. The second-order valence-electron chi connectivity index (χ2n) is 6.23. The molecule has 2 N–H and O–H groups in total. The van der Waals surface area contributed by atoms with Crippen LogP contribution in [-0.2, 0) is 11.3 Å². The Labute approximate surface area is 156 Å². The van der Waals surface area contributed by atoms with E-state index >= 15 is 0 Å². The molecule has 25 heavy (non-hydrogen) atoms. The van der Waals surface area contributed by atoms with Crippen LogP contribution in [0, 0.1) is 0 Å². The first-order valence-corrected chi connectivity index (χ1v) is 9.41. The van der Waals surface area contributed by atoms with Crippen molar-refractivity contribution in [2.75, 3.05) is 13.6 Å². The van der Waals surface area contributed by atoms with Crippen LogP contribution in [0.25, 0.3) is 10.2 Å². The predicted molar refractivity (Wildman–Crippen MR) is 103 cm³/mol. The Morgan fingerprint density at radius 3 is 2.68 bits per heavy atom. The lowest BCUT2D eigenvalue weighted by Gasteiger charge is -2.17. The molecule has 0 fully saturated rings. The molecule has 2 atom stereocenters. The van der Waals surface area contributed by atoms with Crippen molar-refractivity contribution in [3.8, 4) is 0 Å². The van der Waals surface area contributed by atoms with E-state index in [0.29, 0.717) is 11.6 Å². The zero-order valence-electron chi connectivity index (χ0n) is 14.3. The summed E-state index contributed by atoms with van der Waals surface area (Å²) in [7, 11) is 2.01. The number of thiazole rings is 1. The Morgan fingerprint density at radius 2 is 1.96 bits per heavy atom. The summed E-state index contributed by atoms with van der Waals surface area (Å²) in [5.41, 5.74) is 2.07. The molecule has 1 aromatic heterocycles. The van der Waals surface area contributed by atoms with Crippen molar-refractivity contribution in [3.05, 3.63) is 64.1 Å². The first-order valence-electron chi connectivity index (χ1n) is 8.22. The van der Waals surface area contributed by atoms with Gasteiger partial charge in [-0.25, -0.2) is 4.98 Å². The van der Waals surface area contributed by atoms with Crippen molar-refractivity contribution < 1.29 is 9.69 Å². The van der Waals surface area contributed by atoms with Gasteiger partial charge in [-0.05, 0) is 36.8 Å². The highest BCUT2D eigenvalue weighted by atomic mass is 35.5. The van der Waals surface area contributed by atoms with Gasteiger partial charge in [-0.15, -0.1) is 11.3 Å². The van der Waals surface area contributed by atoms with Gasteiger partial charge in [0.25, 0.3) is 5.91 Å². The first-order chi connectivity index (χ1) is 12.0. The molecule has 4 nitrogen and oxygen atoms in total. The van der Waals surface area contributed by atoms with Crippen LogP contribution in [0.5, 0.6) is 0 Å². The molecule has 0 aliphatic carbocycles. The average molecular weight is 375 g/mol. The van der Waals surface area contributed by atoms with Gasteiger partial charge in [-0.2, -0.15) is 0 Å². The van der Waals surface area contributed by atoms with Crippen LogP contribution < -0.4 is 10.2 Å². The number of quaternary nitrogens is 1. The number of amides is 1. The van der Waals surface area contributed by atoms with Crippen LogP contribution in [-0.4, -0.2) is 24.5 Å². The summed E-state index contributed by atoms with van der Waals surface area (Å²) in [6.07, 6.45) is 0. The molecule has 1 heterocycles. The number of likely N-dealkylation sites (N-methyl/N-ethyl adjacent to an activating group) is 1. The van der Waals surface area contributed by atoms with E-state index in [4.69, 9.17) is 11.6 Å². The summed E-state index contributed by atoms with van der Waals surface area (Å²) in [6.45, 7) is 3.12. The van der Waals surface area contributed by atoms with Gasteiger partial charge in [0.2, 0.25) is 0 Å². The van der Waals surface area contributed by atoms with E-state index < -0.39 is 0 Å². The Morgan fingerprint density at radius 1 is 1.24 bits per heavy atom. The molecule has 1 unspecified atom stereocenters. The highest BCUT2D eigenvalue weighted by Crippen LogP contribution is 2.20. The number of hydrogen-bond donors (Lipinski definition) is 2. The highest BCUT2D eigenvalue weighted by Gasteiger charge is 2.15. The average Bonchev–Trinajstić information content (AvgIpc) is 2.97. The van der Waals surface area contributed by atoms with Crippen molar-refractivity contribution >= 4 is 39.1 Å². The number of hydrogen-bond acceptors (Lipinski definition) is 3. The normalized spacial score (nSPS) is 13.6. The smallest absolute Gasteiger partial charge is 0.275 e. The Bertz CT molecular complexity index is 829.